The maximum atomic E-state index is 12.8. The number of morpholine rings is 1. The first-order valence-electron chi connectivity index (χ1n) is 9.34. The van der Waals surface area contributed by atoms with E-state index in [0.717, 1.165) is 34.7 Å². The molecule has 2 atom stereocenters. The van der Waals surface area contributed by atoms with Gasteiger partial charge in [0.05, 0.1) is 24.9 Å². The predicted molar refractivity (Wildman–Crippen MR) is 109 cm³/mol. The van der Waals surface area contributed by atoms with Crippen molar-refractivity contribution in [2.45, 2.75) is 24.8 Å². The molecule has 0 aliphatic carbocycles. The normalized spacial score (nSPS) is 20.6. The summed E-state index contributed by atoms with van der Waals surface area (Å²) in [6.07, 6.45) is 3.79. The highest BCUT2D eigenvalue weighted by Crippen LogP contribution is 2.27. The van der Waals surface area contributed by atoms with Gasteiger partial charge < -0.3 is 10.1 Å². The van der Waals surface area contributed by atoms with Crippen LogP contribution in [0.15, 0.2) is 36.7 Å². The molecule has 0 radical (unpaired) electrons. The molecule has 6 nitrogen and oxygen atoms in total. The zero-order valence-electron chi connectivity index (χ0n) is 16.2. The quantitative estimate of drug-likeness (QED) is 0.790. The minimum atomic E-state index is -0.103. The van der Waals surface area contributed by atoms with E-state index < -0.39 is 0 Å². The minimum Gasteiger partial charge on any atom is -0.373 e. The molecule has 1 aliphatic rings. The number of likely N-dealkylation sites (N-methyl/N-ethyl adjacent to an activating group) is 1. The number of rotatable bonds is 7. The standard InChI is InChI=1S/C20H28N4O2S/c1-4-27-14-15-7-5-6-8-17(15)20(25)21-12-18-19(23(2)9-10-26-18)16-11-22-24(3)13-16/h5-8,11,13,18-19H,4,9-10,12,14H2,1-3H3,(H,21,25)/t18-,19-/m0/s1. The molecule has 7 heteroatoms. The van der Waals surface area contributed by atoms with Crippen molar-refractivity contribution < 1.29 is 9.53 Å². The lowest BCUT2D eigenvalue weighted by Crippen LogP contribution is -2.48. The molecule has 1 amide bonds. The molecule has 0 spiro atoms. The van der Waals surface area contributed by atoms with Gasteiger partial charge in [-0.25, -0.2) is 0 Å². The van der Waals surface area contributed by atoms with Gasteiger partial charge in [-0.1, -0.05) is 25.1 Å². The van der Waals surface area contributed by atoms with E-state index in [9.17, 15) is 4.79 Å². The van der Waals surface area contributed by atoms with Gasteiger partial charge in [0.25, 0.3) is 5.91 Å². The van der Waals surface area contributed by atoms with Crippen molar-refractivity contribution in [1.29, 1.82) is 0 Å². The Hall–Kier alpha value is -1.83. The number of nitrogens with zero attached hydrogens (tertiary/aromatic N) is 3. The summed E-state index contributed by atoms with van der Waals surface area (Å²) in [6, 6.07) is 7.91. The maximum absolute atomic E-state index is 12.8. The third-order valence-corrected chi connectivity index (χ3v) is 5.78. The minimum absolute atomic E-state index is 0.0379. The van der Waals surface area contributed by atoms with Crippen LogP contribution in [0.3, 0.4) is 0 Å². The summed E-state index contributed by atoms with van der Waals surface area (Å²) in [7, 11) is 4.00. The van der Waals surface area contributed by atoms with E-state index in [1.54, 1.807) is 4.68 Å². The monoisotopic (exact) mass is 388 g/mol. The third-order valence-electron chi connectivity index (χ3n) is 4.86. The van der Waals surface area contributed by atoms with Gasteiger partial charge in [-0.3, -0.25) is 14.4 Å². The van der Waals surface area contributed by atoms with E-state index >= 15 is 0 Å². The molecule has 27 heavy (non-hydrogen) atoms. The second-order valence-electron chi connectivity index (χ2n) is 6.79. The van der Waals surface area contributed by atoms with Crippen molar-refractivity contribution in [2.24, 2.45) is 7.05 Å². The van der Waals surface area contributed by atoms with Gasteiger partial charge in [0.15, 0.2) is 0 Å². The molecule has 2 heterocycles. The summed E-state index contributed by atoms with van der Waals surface area (Å²) in [5.41, 5.74) is 2.94. The fourth-order valence-electron chi connectivity index (χ4n) is 3.46. The smallest absolute Gasteiger partial charge is 0.251 e. The number of hydrogen-bond donors (Lipinski definition) is 1. The fourth-order valence-corrected chi connectivity index (χ4v) is 4.14. The summed E-state index contributed by atoms with van der Waals surface area (Å²) < 4.78 is 7.81. The maximum Gasteiger partial charge on any atom is 0.251 e. The highest BCUT2D eigenvalue weighted by molar-refractivity contribution is 7.98. The van der Waals surface area contributed by atoms with Crippen LogP contribution in [0.5, 0.6) is 0 Å². The Morgan fingerprint density at radius 3 is 2.93 bits per heavy atom. The molecule has 3 rings (SSSR count). The molecule has 0 bridgehead atoms. The molecule has 1 aromatic heterocycles. The number of carbonyl (C=O) groups excluding carboxylic acids is 1. The van der Waals surface area contributed by atoms with Crippen LogP contribution in [0.4, 0.5) is 0 Å². The molecule has 1 aromatic carbocycles. The average molecular weight is 389 g/mol. The van der Waals surface area contributed by atoms with Gasteiger partial charge >= 0.3 is 0 Å². The Bertz CT molecular complexity index is 764. The number of aromatic nitrogens is 2. The van der Waals surface area contributed by atoms with Gasteiger partial charge in [0.2, 0.25) is 0 Å². The van der Waals surface area contributed by atoms with Crippen LogP contribution in [-0.2, 0) is 17.5 Å². The molecule has 2 aromatic rings. The second-order valence-corrected chi connectivity index (χ2v) is 8.06. The van der Waals surface area contributed by atoms with Gasteiger partial charge in [-0.2, -0.15) is 16.9 Å². The van der Waals surface area contributed by atoms with Crippen LogP contribution in [0.1, 0.15) is 34.5 Å². The zero-order chi connectivity index (χ0) is 19.2. The molecule has 1 fully saturated rings. The molecule has 1 aliphatic heterocycles. The molecule has 0 unspecified atom stereocenters. The van der Waals surface area contributed by atoms with E-state index in [2.05, 4.69) is 29.3 Å². The highest BCUT2D eigenvalue weighted by atomic mass is 32.2. The summed E-state index contributed by atoms with van der Waals surface area (Å²) in [5, 5.41) is 7.37. The number of thioether (sulfide) groups is 1. The number of carbonyl (C=O) groups is 1. The Morgan fingerprint density at radius 1 is 1.37 bits per heavy atom. The summed E-state index contributed by atoms with van der Waals surface area (Å²) in [5.74, 6) is 1.84. The van der Waals surface area contributed by atoms with Crippen LogP contribution < -0.4 is 5.32 Å². The first-order chi connectivity index (χ1) is 13.1. The van der Waals surface area contributed by atoms with E-state index in [1.807, 2.05) is 55.5 Å². The fraction of sp³-hybridized carbons (Fsp3) is 0.500. The summed E-state index contributed by atoms with van der Waals surface area (Å²) >= 11 is 1.82. The van der Waals surface area contributed by atoms with Crippen LogP contribution in [-0.4, -0.2) is 59.2 Å². The van der Waals surface area contributed by atoms with Crippen molar-refractivity contribution in [3.63, 3.8) is 0 Å². The highest BCUT2D eigenvalue weighted by Gasteiger charge is 2.32. The first-order valence-corrected chi connectivity index (χ1v) is 10.5. The van der Waals surface area contributed by atoms with E-state index in [1.165, 1.54) is 0 Å². The first kappa shape index (κ1) is 19.9. The van der Waals surface area contributed by atoms with Gasteiger partial charge in [0.1, 0.15) is 0 Å². The molecule has 1 N–H and O–H groups in total. The van der Waals surface area contributed by atoms with Gasteiger partial charge in [0, 0.05) is 43.2 Å². The Balaban J connectivity index is 1.68. The second kappa shape index (κ2) is 9.39. The van der Waals surface area contributed by atoms with E-state index in [4.69, 9.17) is 4.74 Å². The van der Waals surface area contributed by atoms with Crippen molar-refractivity contribution in [3.05, 3.63) is 53.3 Å². The topological polar surface area (TPSA) is 59.4 Å². The van der Waals surface area contributed by atoms with Crippen molar-refractivity contribution in [2.75, 3.05) is 32.5 Å². The number of nitrogens with one attached hydrogen (secondary N) is 1. The van der Waals surface area contributed by atoms with Crippen LogP contribution in [0.2, 0.25) is 0 Å². The Morgan fingerprint density at radius 2 is 2.19 bits per heavy atom. The number of aryl methyl sites for hydroxylation is 1. The number of benzene rings is 1. The van der Waals surface area contributed by atoms with Crippen LogP contribution in [0, 0.1) is 0 Å². The van der Waals surface area contributed by atoms with Crippen LogP contribution >= 0.6 is 11.8 Å². The SMILES string of the molecule is CCSCc1ccccc1C(=O)NC[C@@H]1OCCN(C)[C@H]1c1cnn(C)c1. The summed E-state index contributed by atoms with van der Waals surface area (Å²) in [4.78, 5) is 15.1. The lowest BCUT2D eigenvalue weighted by Gasteiger charge is -2.38. The molecular formula is C20H28N4O2S. The van der Waals surface area contributed by atoms with Crippen molar-refractivity contribution >= 4 is 17.7 Å². The van der Waals surface area contributed by atoms with Gasteiger partial charge in [-0.15, -0.1) is 0 Å². The number of amides is 1. The molecule has 1 saturated heterocycles. The van der Waals surface area contributed by atoms with Crippen molar-refractivity contribution in [1.82, 2.24) is 20.0 Å². The third kappa shape index (κ3) is 4.91. The zero-order valence-corrected chi connectivity index (χ0v) is 17.0. The van der Waals surface area contributed by atoms with E-state index in [-0.39, 0.29) is 18.1 Å². The van der Waals surface area contributed by atoms with Gasteiger partial charge in [-0.05, 0) is 24.4 Å². The molecule has 0 saturated carbocycles. The predicted octanol–water partition coefficient (Wildman–Crippen LogP) is 2.47. The van der Waals surface area contributed by atoms with Crippen LogP contribution in [0.25, 0.3) is 0 Å². The van der Waals surface area contributed by atoms with E-state index in [0.29, 0.717) is 13.2 Å². The average Bonchev–Trinajstić information content (AvgIpc) is 3.10. The lowest BCUT2D eigenvalue weighted by molar-refractivity contribution is -0.0605. The Kier molecular flexibility index (Phi) is 6.93. The number of ether oxygens (including phenoxy) is 1. The number of hydrogen-bond acceptors (Lipinski definition) is 5. The largest absolute Gasteiger partial charge is 0.373 e. The summed E-state index contributed by atoms with van der Waals surface area (Å²) in [6.45, 7) is 4.12. The lowest BCUT2D eigenvalue weighted by atomic mass is 10.0. The Labute approximate surface area is 165 Å². The van der Waals surface area contributed by atoms with Crippen molar-refractivity contribution in [3.8, 4) is 0 Å². The molecular weight excluding hydrogens is 360 g/mol. The molecule has 146 valence electrons.